The van der Waals surface area contributed by atoms with E-state index in [0.29, 0.717) is 5.56 Å². The third kappa shape index (κ3) is 6.91. The van der Waals surface area contributed by atoms with Crippen LogP contribution in [0.4, 0.5) is 0 Å². The van der Waals surface area contributed by atoms with E-state index in [1.165, 1.54) is 11.1 Å². The van der Waals surface area contributed by atoms with Gasteiger partial charge in [-0.05, 0) is 74.4 Å². The number of nitrogens with one attached hydrogen (secondary N) is 2. The molecule has 1 saturated heterocycles. The molecule has 6 nitrogen and oxygen atoms in total. The Labute approximate surface area is 185 Å². The summed E-state index contributed by atoms with van der Waals surface area (Å²) in [5.41, 5.74) is 8.68. The molecule has 2 aromatic carbocycles. The summed E-state index contributed by atoms with van der Waals surface area (Å²) in [6.07, 6.45) is 4.56. The van der Waals surface area contributed by atoms with Crippen molar-refractivity contribution in [3.8, 4) is 0 Å². The lowest BCUT2D eigenvalue weighted by atomic mass is 9.74. The topological polar surface area (TPSA) is 95.4 Å². The highest BCUT2D eigenvalue weighted by Gasteiger charge is 2.34. The molecular weight excluding hydrogens is 388 g/mol. The molecule has 1 aliphatic heterocycles. The van der Waals surface area contributed by atoms with E-state index < -0.39 is 6.02 Å². The maximum absolute atomic E-state index is 7.82. The average Bonchev–Trinajstić information content (AvgIpc) is 2.78. The predicted octanol–water partition coefficient (Wildman–Crippen LogP) is 4.17. The van der Waals surface area contributed by atoms with Gasteiger partial charge >= 0.3 is 0 Å². The van der Waals surface area contributed by atoms with Gasteiger partial charge in [0, 0.05) is 18.7 Å². The minimum atomic E-state index is -0.467. The van der Waals surface area contributed by atoms with E-state index in [1.54, 1.807) is 0 Å². The second-order valence-corrected chi connectivity index (χ2v) is 8.39. The lowest BCUT2D eigenvalue weighted by Crippen LogP contribution is -2.42. The van der Waals surface area contributed by atoms with E-state index in [0.717, 1.165) is 58.5 Å². The Morgan fingerprint density at radius 1 is 1.00 bits per heavy atom. The largest absolute Gasteiger partial charge is 0.407 e. The summed E-state index contributed by atoms with van der Waals surface area (Å²) in [7, 11) is 0. The van der Waals surface area contributed by atoms with Crippen molar-refractivity contribution in [3.05, 3.63) is 71.3 Å². The normalized spacial score (nSPS) is 16.0. The fourth-order valence-corrected chi connectivity index (χ4v) is 4.21. The maximum Gasteiger partial charge on any atom is 0.285 e. The SMILES string of the molecule is CCOCC1(CCc2ccccc2)CCN(Cc2ccc(C(=N)OC(=N)N)cc2)CC1. The van der Waals surface area contributed by atoms with Crippen molar-refractivity contribution in [1.29, 1.82) is 10.8 Å². The minimum Gasteiger partial charge on any atom is -0.407 e. The van der Waals surface area contributed by atoms with E-state index >= 15 is 0 Å². The zero-order valence-electron chi connectivity index (χ0n) is 18.4. The van der Waals surface area contributed by atoms with Crippen LogP contribution in [-0.4, -0.2) is 43.1 Å². The number of benzene rings is 2. The maximum atomic E-state index is 7.82. The van der Waals surface area contributed by atoms with Crippen molar-refractivity contribution in [3.63, 3.8) is 0 Å². The molecule has 0 unspecified atom stereocenters. The standard InChI is InChI=1S/C25H34N4O2/c1-2-30-19-25(13-12-20-6-4-3-5-7-20)14-16-29(17-15-25)18-21-8-10-22(11-9-21)23(26)31-24(27)28/h3-11,26H,2,12-19H2,1H3,(H3,27,28). The highest BCUT2D eigenvalue weighted by molar-refractivity contribution is 5.98. The quantitative estimate of drug-likeness (QED) is 0.417. The fraction of sp³-hybridized carbons (Fsp3) is 0.440. The fourth-order valence-electron chi connectivity index (χ4n) is 4.21. The molecule has 1 aliphatic rings. The molecule has 166 valence electrons. The Kier molecular flexibility index (Phi) is 8.20. The van der Waals surface area contributed by atoms with Gasteiger partial charge in [-0.15, -0.1) is 0 Å². The van der Waals surface area contributed by atoms with Crippen molar-refractivity contribution in [2.24, 2.45) is 11.1 Å². The van der Waals surface area contributed by atoms with E-state index in [2.05, 4.69) is 42.2 Å². The molecule has 4 N–H and O–H groups in total. The van der Waals surface area contributed by atoms with Crippen LogP contribution in [0.25, 0.3) is 0 Å². The Bertz CT molecular complexity index is 844. The average molecular weight is 423 g/mol. The zero-order valence-corrected chi connectivity index (χ0v) is 18.4. The molecule has 0 amide bonds. The highest BCUT2D eigenvalue weighted by Crippen LogP contribution is 2.37. The van der Waals surface area contributed by atoms with Gasteiger partial charge < -0.3 is 15.2 Å². The lowest BCUT2D eigenvalue weighted by Gasteiger charge is -2.42. The van der Waals surface area contributed by atoms with Crippen LogP contribution < -0.4 is 5.73 Å². The first-order valence-corrected chi connectivity index (χ1v) is 11.0. The minimum absolute atomic E-state index is 0.101. The van der Waals surface area contributed by atoms with E-state index in [-0.39, 0.29) is 11.3 Å². The van der Waals surface area contributed by atoms with Crippen molar-refractivity contribution in [1.82, 2.24) is 4.90 Å². The molecule has 0 aliphatic carbocycles. The van der Waals surface area contributed by atoms with E-state index in [4.69, 9.17) is 26.0 Å². The number of nitrogens with zero attached hydrogens (tertiary/aromatic N) is 1. The van der Waals surface area contributed by atoms with Crippen LogP contribution in [0, 0.1) is 16.2 Å². The van der Waals surface area contributed by atoms with Crippen LogP contribution >= 0.6 is 0 Å². The molecule has 0 atom stereocenters. The first-order valence-electron chi connectivity index (χ1n) is 11.0. The predicted molar refractivity (Wildman–Crippen MR) is 124 cm³/mol. The van der Waals surface area contributed by atoms with Crippen LogP contribution in [-0.2, 0) is 22.4 Å². The smallest absolute Gasteiger partial charge is 0.285 e. The first-order chi connectivity index (χ1) is 15.0. The summed E-state index contributed by atoms with van der Waals surface area (Å²) >= 11 is 0. The summed E-state index contributed by atoms with van der Waals surface area (Å²) in [5, 5.41) is 15.0. The monoisotopic (exact) mass is 422 g/mol. The molecule has 31 heavy (non-hydrogen) atoms. The third-order valence-corrected chi connectivity index (χ3v) is 6.15. The van der Waals surface area contributed by atoms with Gasteiger partial charge in [0.2, 0.25) is 5.90 Å². The van der Waals surface area contributed by atoms with Gasteiger partial charge in [-0.1, -0.05) is 42.5 Å². The summed E-state index contributed by atoms with van der Waals surface area (Å²) in [5.74, 6) is -0.101. The molecule has 1 heterocycles. The van der Waals surface area contributed by atoms with Gasteiger partial charge in [-0.3, -0.25) is 15.7 Å². The molecule has 1 fully saturated rings. The molecule has 2 aromatic rings. The van der Waals surface area contributed by atoms with Gasteiger partial charge in [0.15, 0.2) is 0 Å². The van der Waals surface area contributed by atoms with E-state index in [1.807, 2.05) is 24.3 Å². The number of ether oxygens (including phenoxy) is 2. The Morgan fingerprint density at radius 3 is 2.29 bits per heavy atom. The molecule has 6 heteroatoms. The van der Waals surface area contributed by atoms with Crippen LogP contribution in [0.3, 0.4) is 0 Å². The number of amidine groups is 1. The first kappa shape index (κ1) is 23.0. The number of aryl methyl sites for hydroxylation is 1. The summed E-state index contributed by atoms with van der Waals surface area (Å²) in [6, 6.07) is 18.0. The van der Waals surface area contributed by atoms with Gasteiger partial charge in [-0.2, -0.15) is 0 Å². The van der Waals surface area contributed by atoms with Gasteiger partial charge in [0.25, 0.3) is 6.02 Å². The molecule has 0 saturated carbocycles. The molecule has 3 rings (SSSR count). The van der Waals surface area contributed by atoms with Crippen molar-refractivity contribution < 1.29 is 9.47 Å². The van der Waals surface area contributed by atoms with Gasteiger partial charge in [0.05, 0.1) is 6.61 Å². The second-order valence-electron chi connectivity index (χ2n) is 8.39. The van der Waals surface area contributed by atoms with Crippen LogP contribution in [0.1, 0.15) is 42.9 Å². The number of piperidine rings is 1. The molecule has 0 aromatic heterocycles. The number of hydrogen-bond acceptors (Lipinski definition) is 5. The number of hydrogen-bond donors (Lipinski definition) is 3. The summed E-state index contributed by atoms with van der Waals surface area (Å²) in [6.45, 7) is 6.71. The molecule has 0 spiro atoms. The molecule has 0 radical (unpaired) electrons. The Hall–Kier alpha value is -2.70. The van der Waals surface area contributed by atoms with Crippen LogP contribution in [0.5, 0.6) is 0 Å². The summed E-state index contributed by atoms with van der Waals surface area (Å²) < 4.78 is 10.8. The van der Waals surface area contributed by atoms with Gasteiger partial charge in [-0.25, -0.2) is 0 Å². The Balaban J connectivity index is 1.54. The number of likely N-dealkylation sites (tertiary alicyclic amines) is 1. The lowest BCUT2D eigenvalue weighted by molar-refractivity contribution is -0.00232. The zero-order chi connectivity index (χ0) is 22.1. The molecular formula is C25H34N4O2. The Morgan fingerprint density at radius 2 is 1.68 bits per heavy atom. The second kappa shape index (κ2) is 11.1. The third-order valence-electron chi connectivity index (χ3n) is 6.15. The highest BCUT2D eigenvalue weighted by atomic mass is 16.5. The number of nitrogens with two attached hydrogens (primary N) is 1. The molecule has 0 bridgehead atoms. The van der Waals surface area contributed by atoms with E-state index in [9.17, 15) is 0 Å². The van der Waals surface area contributed by atoms with Crippen molar-refractivity contribution in [2.75, 3.05) is 26.3 Å². The van der Waals surface area contributed by atoms with Crippen LogP contribution in [0.2, 0.25) is 0 Å². The summed E-state index contributed by atoms with van der Waals surface area (Å²) in [4.78, 5) is 2.50. The number of rotatable bonds is 9. The van der Waals surface area contributed by atoms with Crippen molar-refractivity contribution >= 4 is 11.9 Å². The van der Waals surface area contributed by atoms with Crippen LogP contribution in [0.15, 0.2) is 54.6 Å². The van der Waals surface area contributed by atoms with Crippen molar-refractivity contribution in [2.45, 2.75) is 39.2 Å². The van der Waals surface area contributed by atoms with Gasteiger partial charge in [0.1, 0.15) is 0 Å².